The molecular weight excluding hydrogens is 478 g/mol. The van der Waals surface area contributed by atoms with E-state index < -0.39 is 29.6 Å². The fourth-order valence-electron chi connectivity index (χ4n) is 3.69. The van der Waals surface area contributed by atoms with E-state index >= 15 is 4.39 Å². The molecule has 36 heavy (non-hydrogen) atoms. The van der Waals surface area contributed by atoms with Crippen LogP contribution in [0.4, 0.5) is 26.3 Å². The first kappa shape index (κ1) is 24.9. The standard InChI is InChI=1S/C29H18F6O/c1-2-3-4-18-5-8-20(9-6-18)22-13-14-24-23(17-22)12-11-21(27(24)32)10-7-19-15-25(30)28(26(31)16-19)36-29(33,34)35/h2,5-6,8-9,11-17H,1,3-4H2. The molecule has 0 saturated heterocycles. The molecule has 0 fully saturated rings. The molecule has 0 unspecified atom stereocenters. The Kier molecular flexibility index (Phi) is 7.07. The average Bonchev–Trinajstić information content (AvgIpc) is 2.84. The lowest BCUT2D eigenvalue weighted by atomic mass is 9.98. The van der Waals surface area contributed by atoms with Crippen molar-refractivity contribution in [2.45, 2.75) is 19.2 Å². The van der Waals surface area contributed by atoms with Gasteiger partial charge in [-0.3, -0.25) is 0 Å². The van der Waals surface area contributed by atoms with Crippen molar-refractivity contribution < 1.29 is 31.1 Å². The topological polar surface area (TPSA) is 9.23 Å². The van der Waals surface area contributed by atoms with E-state index in [0.717, 1.165) is 24.0 Å². The number of halogens is 6. The van der Waals surface area contributed by atoms with Crippen molar-refractivity contribution in [1.82, 2.24) is 0 Å². The first-order valence-corrected chi connectivity index (χ1v) is 10.8. The molecule has 0 aliphatic carbocycles. The van der Waals surface area contributed by atoms with Crippen LogP contribution in [0.25, 0.3) is 21.9 Å². The number of rotatable bonds is 5. The lowest BCUT2D eigenvalue weighted by Crippen LogP contribution is -2.19. The van der Waals surface area contributed by atoms with Crippen LogP contribution in [0.3, 0.4) is 0 Å². The Bertz CT molecular complexity index is 1470. The Balaban J connectivity index is 1.60. The van der Waals surface area contributed by atoms with Crippen LogP contribution < -0.4 is 4.74 Å². The van der Waals surface area contributed by atoms with Gasteiger partial charge in [-0.2, -0.15) is 0 Å². The lowest BCUT2D eigenvalue weighted by molar-refractivity contribution is -0.276. The van der Waals surface area contributed by atoms with E-state index in [2.05, 4.69) is 23.2 Å². The number of aryl methyl sites for hydroxylation is 1. The third-order valence-corrected chi connectivity index (χ3v) is 5.44. The van der Waals surface area contributed by atoms with Gasteiger partial charge in [-0.25, -0.2) is 13.2 Å². The van der Waals surface area contributed by atoms with Gasteiger partial charge in [-0.1, -0.05) is 60.4 Å². The summed E-state index contributed by atoms with van der Waals surface area (Å²) in [5, 5.41) is 0.941. The highest BCUT2D eigenvalue weighted by Crippen LogP contribution is 2.30. The number of hydrogen-bond acceptors (Lipinski definition) is 1. The predicted molar refractivity (Wildman–Crippen MR) is 127 cm³/mol. The Morgan fingerprint density at radius 2 is 1.47 bits per heavy atom. The van der Waals surface area contributed by atoms with Gasteiger partial charge in [0, 0.05) is 10.9 Å². The van der Waals surface area contributed by atoms with Crippen molar-refractivity contribution in [3.8, 4) is 28.7 Å². The number of benzene rings is 4. The molecule has 4 aromatic carbocycles. The molecule has 1 nitrogen and oxygen atoms in total. The first-order valence-electron chi connectivity index (χ1n) is 10.8. The van der Waals surface area contributed by atoms with Crippen LogP contribution in [0.15, 0.2) is 79.4 Å². The molecule has 0 bridgehead atoms. The summed E-state index contributed by atoms with van der Waals surface area (Å²) in [5.74, 6) is -0.476. The molecule has 0 radical (unpaired) electrons. The fourth-order valence-corrected chi connectivity index (χ4v) is 3.69. The Morgan fingerprint density at radius 1 is 0.806 bits per heavy atom. The molecule has 0 heterocycles. The van der Waals surface area contributed by atoms with Gasteiger partial charge >= 0.3 is 6.36 Å². The van der Waals surface area contributed by atoms with Gasteiger partial charge in [0.05, 0.1) is 5.56 Å². The van der Waals surface area contributed by atoms with Crippen molar-refractivity contribution in [3.63, 3.8) is 0 Å². The minimum absolute atomic E-state index is 0.0294. The molecule has 0 aliphatic rings. The number of fused-ring (bicyclic) bond motifs is 1. The third kappa shape index (κ3) is 5.72. The quantitative estimate of drug-likeness (QED) is 0.153. The van der Waals surface area contributed by atoms with Gasteiger partial charge in [-0.15, -0.1) is 19.8 Å². The summed E-state index contributed by atoms with van der Waals surface area (Å²) < 4.78 is 83.1. The fraction of sp³-hybridized carbons (Fsp3) is 0.103. The summed E-state index contributed by atoms with van der Waals surface area (Å²) in [6.07, 6.45) is -1.59. The SMILES string of the molecule is C=CCCc1ccc(-c2ccc3c(F)c(C#Cc4cc(F)c(OC(F)(F)F)c(F)c4)ccc3c2)cc1. The molecule has 0 N–H and O–H groups in total. The van der Waals surface area contributed by atoms with E-state index in [1.807, 2.05) is 36.4 Å². The van der Waals surface area contributed by atoms with Crippen molar-refractivity contribution in [3.05, 3.63) is 114 Å². The molecule has 0 aromatic heterocycles. The van der Waals surface area contributed by atoms with Crippen molar-refractivity contribution in [2.24, 2.45) is 0 Å². The smallest absolute Gasteiger partial charge is 0.399 e. The molecular formula is C29H18F6O. The van der Waals surface area contributed by atoms with Crippen LogP contribution in [-0.2, 0) is 6.42 Å². The minimum atomic E-state index is -5.25. The van der Waals surface area contributed by atoms with Crippen molar-refractivity contribution >= 4 is 10.8 Å². The number of alkyl halides is 3. The molecule has 4 rings (SSSR count). The van der Waals surface area contributed by atoms with Crippen LogP contribution in [0.5, 0.6) is 5.75 Å². The van der Waals surface area contributed by atoms with E-state index in [0.29, 0.717) is 22.9 Å². The summed E-state index contributed by atoms with van der Waals surface area (Å²) in [6, 6.07) is 17.6. The normalized spacial score (nSPS) is 11.2. The molecule has 0 amide bonds. The van der Waals surface area contributed by atoms with E-state index in [1.54, 1.807) is 18.2 Å². The lowest BCUT2D eigenvalue weighted by Gasteiger charge is -2.10. The maximum atomic E-state index is 15.1. The Labute approximate surface area is 203 Å². The second-order valence-electron chi connectivity index (χ2n) is 7.95. The monoisotopic (exact) mass is 496 g/mol. The zero-order valence-corrected chi connectivity index (χ0v) is 18.7. The van der Waals surface area contributed by atoms with Crippen LogP contribution in [0, 0.1) is 29.3 Å². The zero-order valence-electron chi connectivity index (χ0n) is 18.7. The zero-order chi connectivity index (χ0) is 25.9. The third-order valence-electron chi connectivity index (χ3n) is 5.44. The van der Waals surface area contributed by atoms with Crippen LogP contribution >= 0.6 is 0 Å². The van der Waals surface area contributed by atoms with Crippen molar-refractivity contribution in [2.75, 3.05) is 0 Å². The van der Waals surface area contributed by atoms with Gasteiger partial charge < -0.3 is 4.74 Å². The molecule has 0 saturated carbocycles. The Morgan fingerprint density at radius 3 is 2.11 bits per heavy atom. The highest BCUT2D eigenvalue weighted by Gasteiger charge is 2.34. The Hall–Kier alpha value is -4.18. The highest BCUT2D eigenvalue weighted by molar-refractivity contribution is 5.89. The second-order valence-corrected chi connectivity index (χ2v) is 7.95. The maximum Gasteiger partial charge on any atom is 0.573 e. The van der Waals surface area contributed by atoms with E-state index in [9.17, 15) is 22.0 Å². The molecule has 0 aliphatic heterocycles. The minimum Gasteiger partial charge on any atom is -0.399 e. The average molecular weight is 496 g/mol. The summed E-state index contributed by atoms with van der Waals surface area (Å²) in [6.45, 7) is 3.72. The molecule has 0 spiro atoms. The molecule has 0 atom stereocenters. The molecule has 7 heteroatoms. The van der Waals surface area contributed by atoms with Gasteiger partial charge in [0.25, 0.3) is 0 Å². The summed E-state index contributed by atoms with van der Waals surface area (Å²) in [4.78, 5) is 0. The predicted octanol–water partition coefficient (Wildman–Crippen LogP) is 8.34. The van der Waals surface area contributed by atoms with Crippen LogP contribution in [0.2, 0.25) is 0 Å². The van der Waals surface area contributed by atoms with E-state index in [-0.39, 0.29) is 11.1 Å². The van der Waals surface area contributed by atoms with Crippen LogP contribution in [0.1, 0.15) is 23.1 Å². The maximum absolute atomic E-state index is 15.1. The van der Waals surface area contributed by atoms with Crippen LogP contribution in [-0.4, -0.2) is 6.36 Å². The molecule has 4 aromatic rings. The van der Waals surface area contributed by atoms with Gasteiger partial charge in [0.1, 0.15) is 5.82 Å². The largest absolute Gasteiger partial charge is 0.573 e. The second kappa shape index (κ2) is 10.2. The molecule has 182 valence electrons. The van der Waals surface area contributed by atoms with Gasteiger partial charge in [-0.05, 0) is 59.2 Å². The summed E-state index contributed by atoms with van der Waals surface area (Å²) >= 11 is 0. The summed E-state index contributed by atoms with van der Waals surface area (Å²) in [7, 11) is 0. The van der Waals surface area contributed by atoms with Crippen molar-refractivity contribution in [1.29, 1.82) is 0 Å². The van der Waals surface area contributed by atoms with Gasteiger partial charge in [0.15, 0.2) is 11.6 Å². The first-order chi connectivity index (χ1) is 17.1. The number of ether oxygens (including phenoxy) is 1. The highest BCUT2D eigenvalue weighted by atomic mass is 19.4. The summed E-state index contributed by atoms with van der Waals surface area (Å²) in [5.41, 5.74) is 2.77. The number of allylic oxidation sites excluding steroid dienone is 1. The van der Waals surface area contributed by atoms with E-state index in [4.69, 9.17) is 0 Å². The van der Waals surface area contributed by atoms with Gasteiger partial charge in [0.2, 0.25) is 5.75 Å². The van der Waals surface area contributed by atoms with E-state index in [1.165, 1.54) is 11.6 Å². The number of hydrogen-bond donors (Lipinski definition) is 0.